The van der Waals surface area contributed by atoms with Crippen LogP contribution in [0.4, 0.5) is 0 Å². The Bertz CT molecular complexity index is 883. The summed E-state index contributed by atoms with van der Waals surface area (Å²) >= 11 is 6.38. The van der Waals surface area contributed by atoms with Crippen LogP contribution in [0.15, 0.2) is 42.5 Å². The third-order valence-electron chi connectivity index (χ3n) is 7.14. The van der Waals surface area contributed by atoms with Gasteiger partial charge in [0.25, 0.3) is 0 Å². The van der Waals surface area contributed by atoms with Gasteiger partial charge >= 0.3 is 0 Å². The van der Waals surface area contributed by atoms with Gasteiger partial charge in [0.05, 0.1) is 0 Å². The number of amides is 1. The quantitative estimate of drug-likeness (QED) is 0.580. The lowest BCUT2D eigenvalue weighted by atomic mass is 9.89. The number of halogens is 1. The van der Waals surface area contributed by atoms with Crippen molar-refractivity contribution in [3.63, 3.8) is 0 Å². The minimum Gasteiger partial charge on any atom is -0.356 e. The summed E-state index contributed by atoms with van der Waals surface area (Å²) in [7, 11) is 0. The molecule has 1 N–H and O–H groups in total. The standard InChI is InChI=1S/C27H35ClN2O/c1-20-11-12-23(17-26(20)28)25-10-6-5-9-24(25)19-30-15-13-22(14-16-30)27(31)29-18-21-7-3-2-4-8-21/h5-6,9-12,17,21-22H,2-4,7-8,13-16,18-19H2,1H3,(H,29,31). The zero-order valence-electron chi connectivity index (χ0n) is 18.7. The molecule has 0 unspecified atom stereocenters. The molecule has 31 heavy (non-hydrogen) atoms. The van der Waals surface area contributed by atoms with Gasteiger partial charge in [-0.3, -0.25) is 9.69 Å². The van der Waals surface area contributed by atoms with Crippen molar-refractivity contribution in [2.24, 2.45) is 11.8 Å². The van der Waals surface area contributed by atoms with Crippen molar-refractivity contribution in [1.29, 1.82) is 0 Å². The van der Waals surface area contributed by atoms with E-state index in [0.717, 1.165) is 49.6 Å². The lowest BCUT2D eigenvalue weighted by Crippen LogP contribution is -2.41. The molecule has 2 aliphatic rings. The van der Waals surface area contributed by atoms with Crippen molar-refractivity contribution in [2.75, 3.05) is 19.6 Å². The normalized spacial score (nSPS) is 18.8. The molecule has 1 aliphatic carbocycles. The highest BCUT2D eigenvalue weighted by molar-refractivity contribution is 6.31. The molecule has 1 saturated heterocycles. The molecule has 0 bridgehead atoms. The van der Waals surface area contributed by atoms with Gasteiger partial charge in [-0.2, -0.15) is 0 Å². The number of hydrogen-bond acceptors (Lipinski definition) is 2. The fraction of sp³-hybridized carbons (Fsp3) is 0.519. The van der Waals surface area contributed by atoms with Gasteiger partial charge in [0.2, 0.25) is 5.91 Å². The summed E-state index contributed by atoms with van der Waals surface area (Å²) in [6.45, 7) is 5.78. The van der Waals surface area contributed by atoms with E-state index in [2.05, 4.69) is 52.7 Å². The molecule has 0 spiro atoms. The molecular weight excluding hydrogens is 404 g/mol. The molecule has 4 rings (SSSR count). The van der Waals surface area contributed by atoms with Gasteiger partial charge in [-0.25, -0.2) is 0 Å². The molecule has 2 aromatic carbocycles. The fourth-order valence-electron chi connectivity index (χ4n) is 5.07. The van der Waals surface area contributed by atoms with E-state index in [9.17, 15) is 4.79 Å². The third-order valence-corrected chi connectivity index (χ3v) is 7.55. The fourth-order valence-corrected chi connectivity index (χ4v) is 5.26. The monoisotopic (exact) mass is 438 g/mol. The van der Waals surface area contributed by atoms with E-state index in [4.69, 9.17) is 11.6 Å². The van der Waals surface area contributed by atoms with Crippen molar-refractivity contribution >= 4 is 17.5 Å². The van der Waals surface area contributed by atoms with Crippen molar-refractivity contribution in [2.45, 2.75) is 58.4 Å². The number of hydrogen-bond donors (Lipinski definition) is 1. The van der Waals surface area contributed by atoms with E-state index in [-0.39, 0.29) is 11.8 Å². The first kappa shape index (κ1) is 22.4. The van der Waals surface area contributed by atoms with Gasteiger partial charge in [-0.15, -0.1) is 0 Å². The first-order chi connectivity index (χ1) is 15.1. The van der Waals surface area contributed by atoms with E-state index in [0.29, 0.717) is 5.92 Å². The van der Waals surface area contributed by atoms with Gasteiger partial charge in [0, 0.05) is 24.0 Å². The molecule has 1 amide bonds. The second kappa shape index (κ2) is 10.7. The van der Waals surface area contributed by atoms with E-state index in [1.54, 1.807) is 0 Å². The molecule has 3 nitrogen and oxygen atoms in total. The largest absolute Gasteiger partial charge is 0.356 e. The summed E-state index contributed by atoms with van der Waals surface area (Å²) in [5.41, 5.74) is 4.84. The van der Waals surface area contributed by atoms with Gasteiger partial charge in [-0.05, 0) is 79.9 Å². The molecule has 0 radical (unpaired) electrons. The Labute approximate surface area is 192 Å². The van der Waals surface area contributed by atoms with Crippen LogP contribution >= 0.6 is 11.6 Å². The average Bonchev–Trinajstić information content (AvgIpc) is 2.81. The number of nitrogens with one attached hydrogen (secondary N) is 1. The third kappa shape index (κ3) is 5.90. The molecule has 0 atom stereocenters. The van der Waals surface area contributed by atoms with Crippen molar-refractivity contribution in [1.82, 2.24) is 10.2 Å². The minimum atomic E-state index is 0.172. The molecule has 4 heteroatoms. The van der Waals surface area contributed by atoms with E-state index in [1.165, 1.54) is 48.8 Å². The summed E-state index contributed by atoms with van der Waals surface area (Å²) in [5.74, 6) is 1.15. The van der Waals surface area contributed by atoms with Crippen LogP contribution in [0, 0.1) is 18.8 Å². The molecular formula is C27H35ClN2O. The highest BCUT2D eigenvalue weighted by Crippen LogP contribution is 2.30. The van der Waals surface area contributed by atoms with E-state index < -0.39 is 0 Å². The first-order valence-electron chi connectivity index (χ1n) is 11.9. The van der Waals surface area contributed by atoms with Crippen LogP contribution in [0.2, 0.25) is 5.02 Å². The molecule has 166 valence electrons. The SMILES string of the molecule is Cc1ccc(-c2ccccc2CN2CCC(C(=O)NCC3CCCCC3)CC2)cc1Cl. The Morgan fingerprint density at radius 3 is 2.52 bits per heavy atom. The molecule has 1 saturated carbocycles. The zero-order chi connectivity index (χ0) is 21.6. The smallest absolute Gasteiger partial charge is 0.223 e. The molecule has 2 fully saturated rings. The lowest BCUT2D eigenvalue weighted by Gasteiger charge is -2.32. The Morgan fingerprint density at radius 2 is 1.77 bits per heavy atom. The maximum atomic E-state index is 12.7. The Morgan fingerprint density at radius 1 is 1.03 bits per heavy atom. The van der Waals surface area contributed by atoms with Crippen LogP contribution in [0.3, 0.4) is 0 Å². The average molecular weight is 439 g/mol. The number of piperidine rings is 1. The van der Waals surface area contributed by atoms with Crippen molar-refractivity contribution < 1.29 is 4.79 Å². The number of benzene rings is 2. The number of likely N-dealkylation sites (tertiary alicyclic amines) is 1. The van der Waals surface area contributed by atoms with Crippen LogP contribution in [-0.4, -0.2) is 30.4 Å². The predicted molar refractivity (Wildman–Crippen MR) is 129 cm³/mol. The summed E-state index contributed by atoms with van der Waals surface area (Å²) < 4.78 is 0. The second-order valence-electron chi connectivity index (χ2n) is 9.42. The van der Waals surface area contributed by atoms with Crippen LogP contribution in [0.5, 0.6) is 0 Å². The molecule has 1 heterocycles. The predicted octanol–water partition coefficient (Wildman–Crippen LogP) is 6.22. The number of nitrogens with zero attached hydrogens (tertiary/aromatic N) is 1. The Hall–Kier alpha value is -1.84. The number of rotatable bonds is 6. The highest BCUT2D eigenvalue weighted by atomic mass is 35.5. The van der Waals surface area contributed by atoms with E-state index in [1.807, 2.05) is 6.92 Å². The van der Waals surface area contributed by atoms with E-state index >= 15 is 0 Å². The van der Waals surface area contributed by atoms with Gasteiger partial charge in [0.1, 0.15) is 0 Å². The van der Waals surface area contributed by atoms with Crippen LogP contribution in [-0.2, 0) is 11.3 Å². The lowest BCUT2D eigenvalue weighted by molar-refractivity contribution is -0.126. The first-order valence-corrected chi connectivity index (χ1v) is 12.3. The van der Waals surface area contributed by atoms with Crippen molar-refractivity contribution in [3.8, 4) is 11.1 Å². The molecule has 0 aromatic heterocycles. The van der Waals surface area contributed by atoms with Crippen molar-refractivity contribution in [3.05, 3.63) is 58.6 Å². The minimum absolute atomic E-state index is 0.172. The Kier molecular flexibility index (Phi) is 7.68. The van der Waals surface area contributed by atoms with Gasteiger partial charge < -0.3 is 5.32 Å². The second-order valence-corrected chi connectivity index (χ2v) is 9.83. The summed E-state index contributed by atoms with van der Waals surface area (Å²) in [4.78, 5) is 15.1. The highest BCUT2D eigenvalue weighted by Gasteiger charge is 2.26. The van der Waals surface area contributed by atoms with Crippen LogP contribution in [0.25, 0.3) is 11.1 Å². The van der Waals surface area contributed by atoms with Gasteiger partial charge in [0.15, 0.2) is 0 Å². The number of carbonyl (C=O) groups excluding carboxylic acids is 1. The molecule has 2 aromatic rings. The van der Waals surface area contributed by atoms with Crippen LogP contribution < -0.4 is 5.32 Å². The molecule has 1 aliphatic heterocycles. The number of carbonyl (C=O) groups is 1. The Balaban J connectivity index is 1.31. The maximum absolute atomic E-state index is 12.7. The summed E-state index contributed by atoms with van der Waals surface area (Å²) in [5, 5.41) is 4.07. The zero-order valence-corrected chi connectivity index (χ0v) is 19.5. The maximum Gasteiger partial charge on any atom is 0.223 e. The topological polar surface area (TPSA) is 32.3 Å². The van der Waals surface area contributed by atoms with Crippen LogP contribution in [0.1, 0.15) is 56.1 Å². The summed E-state index contributed by atoms with van der Waals surface area (Å²) in [6, 6.07) is 14.9. The van der Waals surface area contributed by atoms with Gasteiger partial charge in [-0.1, -0.05) is 67.3 Å². The summed E-state index contributed by atoms with van der Waals surface area (Å²) in [6.07, 6.45) is 8.49. The number of aryl methyl sites for hydroxylation is 1.